The predicted octanol–water partition coefficient (Wildman–Crippen LogP) is 1.91. The zero-order valence-corrected chi connectivity index (χ0v) is 15.8. The third-order valence-corrected chi connectivity index (χ3v) is 4.46. The monoisotopic (exact) mass is 379 g/mol. The van der Waals surface area contributed by atoms with E-state index in [4.69, 9.17) is 4.74 Å². The van der Waals surface area contributed by atoms with Gasteiger partial charge in [-0.2, -0.15) is 0 Å². The Balaban J connectivity index is 1.65. The van der Waals surface area contributed by atoms with Gasteiger partial charge in [-0.3, -0.25) is 14.5 Å². The Morgan fingerprint density at radius 3 is 2.29 bits per heavy atom. The summed E-state index contributed by atoms with van der Waals surface area (Å²) in [5.41, 5.74) is 1.57. The van der Waals surface area contributed by atoms with E-state index >= 15 is 0 Å². The highest BCUT2D eigenvalue weighted by Crippen LogP contribution is 2.07. The summed E-state index contributed by atoms with van der Waals surface area (Å²) in [5.74, 6) is -0.618. The number of morpholine rings is 1. The molecule has 0 saturated carbocycles. The van der Waals surface area contributed by atoms with Crippen molar-refractivity contribution in [2.24, 2.45) is 0 Å². The average molecular weight is 379 g/mol. The SMILES string of the molecule is O=C(NCCN1CCOCC1)/C(=C\c1ccccc1)NC(=O)c1ccccc1. The van der Waals surface area contributed by atoms with Gasteiger partial charge in [0.15, 0.2) is 0 Å². The molecule has 0 bridgehead atoms. The zero-order chi connectivity index (χ0) is 19.6. The van der Waals surface area contributed by atoms with Gasteiger partial charge in [-0.05, 0) is 23.8 Å². The van der Waals surface area contributed by atoms with Crippen LogP contribution in [0.4, 0.5) is 0 Å². The van der Waals surface area contributed by atoms with E-state index in [1.165, 1.54) is 0 Å². The lowest BCUT2D eigenvalue weighted by Crippen LogP contribution is -2.42. The molecule has 0 aliphatic carbocycles. The van der Waals surface area contributed by atoms with Crippen molar-refractivity contribution >= 4 is 17.9 Å². The molecular formula is C22H25N3O3. The maximum absolute atomic E-state index is 12.7. The molecule has 1 aliphatic rings. The van der Waals surface area contributed by atoms with Crippen molar-refractivity contribution in [2.45, 2.75) is 0 Å². The molecule has 1 aliphatic heterocycles. The molecule has 0 spiro atoms. The summed E-state index contributed by atoms with van der Waals surface area (Å²) in [6.07, 6.45) is 1.69. The first-order valence-electron chi connectivity index (χ1n) is 9.44. The van der Waals surface area contributed by atoms with Crippen LogP contribution in [0.25, 0.3) is 6.08 Å². The van der Waals surface area contributed by atoms with Gasteiger partial charge in [-0.15, -0.1) is 0 Å². The van der Waals surface area contributed by atoms with Crippen molar-refractivity contribution < 1.29 is 14.3 Å². The Bertz CT molecular complexity index is 800. The minimum absolute atomic E-state index is 0.224. The number of hydrogen-bond donors (Lipinski definition) is 2. The van der Waals surface area contributed by atoms with Crippen LogP contribution in [0.1, 0.15) is 15.9 Å². The number of carbonyl (C=O) groups is 2. The Morgan fingerprint density at radius 1 is 0.964 bits per heavy atom. The van der Waals surface area contributed by atoms with E-state index in [2.05, 4.69) is 15.5 Å². The highest BCUT2D eigenvalue weighted by Gasteiger charge is 2.15. The second-order valence-electron chi connectivity index (χ2n) is 6.50. The largest absolute Gasteiger partial charge is 0.379 e. The average Bonchev–Trinajstić information content (AvgIpc) is 2.75. The first-order chi connectivity index (χ1) is 13.7. The van der Waals surface area contributed by atoms with E-state index in [-0.39, 0.29) is 17.5 Å². The number of amides is 2. The molecule has 0 atom stereocenters. The van der Waals surface area contributed by atoms with Crippen LogP contribution in [0, 0.1) is 0 Å². The Labute approximate surface area is 165 Å². The van der Waals surface area contributed by atoms with Crippen molar-refractivity contribution in [1.29, 1.82) is 0 Å². The molecule has 3 rings (SSSR count). The summed E-state index contributed by atoms with van der Waals surface area (Å²) in [4.78, 5) is 27.5. The number of hydrogen-bond acceptors (Lipinski definition) is 4. The van der Waals surface area contributed by atoms with Crippen LogP contribution in [-0.2, 0) is 9.53 Å². The fourth-order valence-electron chi connectivity index (χ4n) is 2.91. The third-order valence-electron chi connectivity index (χ3n) is 4.46. The second kappa shape index (κ2) is 10.4. The molecule has 146 valence electrons. The Kier molecular flexibility index (Phi) is 7.35. The van der Waals surface area contributed by atoms with E-state index in [1.54, 1.807) is 30.3 Å². The highest BCUT2D eigenvalue weighted by molar-refractivity contribution is 6.05. The summed E-state index contributed by atoms with van der Waals surface area (Å²) in [6.45, 7) is 4.44. The van der Waals surface area contributed by atoms with Crippen molar-refractivity contribution in [3.8, 4) is 0 Å². The molecule has 6 nitrogen and oxygen atoms in total. The quantitative estimate of drug-likeness (QED) is 0.721. The summed E-state index contributed by atoms with van der Waals surface area (Å²) < 4.78 is 5.33. The summed E-state index contributed by atoms with van der Waals surface area (Å²) >= 11 is 0. The molecule has 6 heteroatoms. The lowest BCUT2D eigenvalue weighted by atomic mass is 10.1. The van der Waals surface area contributed by atoms with Crippen molar-refractivity contribution in [3.63, 3.8) is 0 Å². The van der Waals surface area contributed by atoms with Crippen molar-refractivity contribution in [3.05, 3.63) is 77.5 Å². The van der Waals surface area contributed by atoms with Gasteiger partial charge in [0.2, 0.25) is 0 Å². The molecule has 0 aromatic heterocycles. The smallest absolute Gasteiger partial charge is 0.267 e. The lowest BCUT2D eigenvalue weighted by Gasteiger charge is -2.26. The zero-order valence-electron chi connectivity index (χ0n) is 15.8. The standard InChI is InChI=1S/C22H25N3O3/c26-21(19-9-5-2-6-10-19)24-20(17-18-7-3-1-4-8-18)22(27)23-11-12-25-13-15-28-16-14-25/h1-10,17H,11-16H2,(H,23,27)(H,24,26)/b20-17+. The number of rotatable bonds is 7. The van der Waals surface area contributed by atoms with Crippen LogP contribution in [0.15, 0.2) is 66.4 Å². The first kappa shape index (κ1) is 19.8. The number of ether oxygens (including phenoxy) is 1. The first-order valence-corrected chi connectivity index (χ1v) is 9.44. The fourth-order valence-corrected chi connectivity index (χ4v) is 2.91. The number of carbonyl (C=O) groups excluding carboxylic acids is 2. The van der Waals surface area contributed by atoms with Gasteiger partial charge < -0.3 is 15.4 Å². The molecule has 1 fully saturated rings. The van der Waals surface area contributed by atoms with Crippen LogP contribution in [-0.4, -0.2) is 56.1 Å². The van der Waals surface area contributed by atoms with Gasteiger partial charge in [0, 0.05) is 31.7 Å². The van der Waals surface area contributed by atoms with Crippen LogP contribution in [0.3, 0.4) is 0 Å². The van der Waals surface area contributed by atoms with Gasteiger partial charge in [0.05, 0.1) is 13.2 Å². The van der Waals surface area contributed by atoms with Gasteiger partial charge in [0.25, 0.3) is 11.8 Å². The topological polar surface area (TPSA) is 70.7 Å². The van der Waals surface area contributed by atoms with Gasteiger partial charge >= 0.3 is 0 Å². The van der Waals surface area contributed by atoms with Crippen LogP contribution >= 0.6 is 0 Å². The molecule has 2 aromatic rings. The molecule has 0 radical (unpaired) electrons. The second-order valence-corrected chi connectivity index (χ2v) is 6.50. The maximum Gasteiger partial charge on any atom is 0.267 e. The van der Waals surface area contributed by atoms with Gasteiger partial charge in [-0.1, -0.05) is 48.5 Å². The van der Waals surface area contributed by atoms with Gasteiger partial charge in [-0.25, -0.2) is 0 Å². The number of benzene rings is 2. The molecule has 28 heavy (non-hydrogen) atoms. The molecule has 2 aromatic carbocycles. The summed E-state index contributed by atoms with van der Waals surface area (Å²) in [6, 6.07) is 18.3. The molecule has 1 heterocycles. The van der Waals surface area contributed by atoms with Crippen LogP contribution in [0.2, 0.25) is 0 Å². The highest BCUT2D eigenvalue weighted by atomic mass is 16.5. The summed E-state index contributed by atoms with van der Waals surface area (Å²) in [5, 5.41) is 5.65. The van der Waals surface area contributed by atoms with E-state index in [9.17, 15) is 9.59 Å². The van der Waals surface area contributed by atoms with E-state index in [0.29, 0.717) is 12.1 Å². The maximum atomic E-state index is 12.7. The molecular weight excluding hydrogens is 354 g/mol. The Hall–Kier alpha value is -2.96. The molecule has 2 N–H and O–H groups in total. The fraction of sp³-hybridized carbons (Fsp3) is 0.273. The Morgan fingerprint density at radius 2 is 1.61 bits per heavy atom. The third kappa shape index (κ3) is 6.04. The normalized spacial score (nSPS) is 15.1. The van der Waals surface area contributed by atoms with E-state index in [0.717, 1.165) is 38.4 Å². The number of nitrogens with one attached hydrogen (secondary N) is 2. The lowest BCUT2D eigenvalue weighted by molar-refractivity contribution is -0.117. The predicted molar refractivity (Wildman–Crippen MR) is 109 cm³/mol. The van der Waals surface area contributed by atoms with Crippen LogP contribution in [0.5, 0.6) is 0 Å². The molecule has 2 amide bonds. The van der Waals surface area contributed by atoms with Crippen molar-refractivity contribution in [1.82, 2.24) is 15.5 Å². The minimum atomic E-state index is -0.314. The van der Waals surface area contributed by atoms with E-state index in [1.807, 2.05) is 36.4 Å². The molecule has 1 saturated heterocycles. The van der Waals surface area contributed by atoms with Gasteiger partial charge in [0.1, 0.15) is 5.70 Å². The van der Waals surface area contributed by atoms with E-state index < -0.39 is 0 Å². The van der Waals surface area contributed by atoms with Crippen LogP contribution < -0.4 is 10.6 Å². The van der Waals surface area contributed by atoms with Crippen molar-refractivity contribution in [2.75, 3.05) is 39.4 Å². The number of nitrogens with zero attached hydrogens (tertiary/aromatic N) is 1. The molecule has 0 unspecified atom stereocenters. The minimum Gasteiger partial charge on any atom is -0.379 e. The summed E-state index contributed by atoms with van der Waals surface area (Å²) in [7, 11) is 0.